The first-order valence-electron chi connectivity index (χ1n) is 7.67. The number of furan rings is 1. The Bertz CT molecular complexity index is 367. The van der Waals surface area contributed by atoms with Gasteiger partial charge >= 0.3 is 0 Å². The molecule has 1 heterocycles. The molecule has 1 saturated carbocycles. The van der Waals surface area contributed by atoms with Crippen LogP contribution in [0, 0.1) is 5.92 Å². The molecule has 0 atom stereocenters. The van der Waals surface area contributed by atoms with Gasteiger partial charge in [0.2, 0.25) is 0 Å². The van der Waals surface area contributed by atoms with Gasteiger partial charge in [-0.15, -0.1) is 0 Å². The van der Waals surface area contributed by atoms with Crippen molar-refractivity contribution in [2.75, 3.05) is 13.6 Å². The summed E-state index contributed by atoms with van der Waals surface area (Å²) in [5, 5.41) is 3.29. The Labute approximate surface area is 117 Å². The molecule has 0 radical (unpaired) electrons. The molecule has 0 spiro atoms. The second kappa shape index (κ2) is 7.11. The minimum Gasteiger partial charge on any atom is -0.463 e. The van der Waals surface area contributed by atoms with Crippen molar-refractivity contribution in [3.8, 4) is 0 Å². The maximum absolute atomic E-state index is 5.86. The molecule has 0 aromatic carbocycles. The summed E-state index contributed by atoms with van der Waals surface area (Å²) in [5.41, 5.74) is 0. The van der Waals surface area contributed by atoms with E-state index in [4.69, 9.17) is 4.42 Å². The van der Waals surface area contributed by atoms with Crippen molar-refractivity contribution in [1.29, 1.82) is 0 Å². The van der Waals surface area contributed by atoms with E-state index in [2.05, 4.69) is 43.2 Å². The summed E-state index contributed by atoms with van der Waals surface area (Å²) in [7, 11) is 2.23. The third-order valence-electron chi connectivity index (χ3n) is 4.28. The standard InChI is InChI=1S/C16H28N2O/c1-4-17-11-15-9-10-16(19-15)12-18(3)14-7-5-13(2)6-8-14/h9-10,13-14,17H,4-8,11-12H2,1-3H3. The van der Waals surface area contributed by atoms with Crippen LogP contribution < -0.4 is 5.32 Å². The zero-order chi connectivity index (χ0) is 13.7. The zero-order valence-electron chi connectivity index (χ0n) is 12.6. The molecule has 1 aliphatic carbocycles. The number of rotatable bonds is 6. The quantitative estimate of drug-likeness (QED) is 0.853. The molecule has 19 heavy (non-hydrogen) atoms. The van der Waals surface area contributed by atoms with E-state index in [1.807, 2.05) is 0 Å². The summed E-state index contributed by atoms with van der Waals surface area (Å²) in [5.74, 6) is 3.05. The minimum atomic E-state index is 0.735. The first-order chi connectivity index (χ1) is 9.19. The molecule has 2 rings (SSSR count). The third-order valence-corrected chi connectivity index (χ3v) is 4.28. The van der Waals surface area contributed by atoms with Gasteiger partial charge in [0.15, 0.2) is 0 Å². The summed E-state index contributed by atoms with van der Waals surface area (Å²) in [4.78, 5) is 2.46. The monoisotopic (exact) mass is 264 g/mol. The Hall–Kier alpha value is -0.800. The fourth-order valence-corrected chi connectivity index (χ4v) is 2.91. The Morgan fingerprint density at radius 1 is 1.21 bits per heavy atom. The van der Waals surface area contributed by atoms with E-state index in [0.29, 0.717) is 0 Å². The molecule has 0 saturated heterocycles. The van der Waals surface area contributed by atoms with Crippen LogP contribution in [0.2, 0.25) is 0 Å². The van der Waals surface area contributed by atoms with E-state index in [-0.39, 0.29) is 0 Å². The van der Waals surface area contributed by atoms with Gasteiger partial charge in [-0.3, -0.25) is 4.90 Å². The van der Waals surface area contributed by atoms with Crippen molar-refractivity contribution in [1.82, 2.24) is 10.2 Å². The molecule has 1 fully saturated rings. The highest BCUT2D eigenvalue weighted by molar-refractivity contribution is 5.07. The number of nitrogens with zero attached hydrogens (tertiary/aromatic N) is 1. The highest BCUT2D eigenvalue weighted by Crippen LogP contribution is 2.27. The second-order valence-electron chi connectivity index (χ2n) is 5.98. The van der Waals surface area contributed by atoms with Crippen molar-refractivity contribution in [2.24, 2.45) is 5.92 Å². The Balaban J connectivity index is 1.81. The SMILES string of the molecule is CCNCc1ccc(CN(C)C2CCC(C)CC2)o1. The van der Waals surface area contributed by atoms with Crippen molar-refractivity contribution < 1.29 is 4.42 Å². The zero-order valence-corrected chi connectivity index (χ0v) is 12.6. The highest BCUT2D eigenvalue weighted by Gasteiger charge is 2.22. The summed E-state index contributed by atoms with van der Waals surface area (Å²) in [6.45, 7) is 7.24. The predicted octanol–water partition coefficient (Wildman–Crippen LogP) is 3.40. The number of hydrogen-bond donors (Lipinski definition) is 1. The van der Waals surface area contributed by atoms with Crippen LogP contribution in [0.4, 0.5) is 0 Å². The Kier molecular flexibility index (Phi) is 5.46. The summed E-state index contributed by atoms with van der Waals surface area (Å²) in [6.07, 6.45) is 5.42. The molecule has 0 bridgehead atoms. The molecule has 108 valence electrons. The van der Waals surface area contributed by atoms with E-state index in [1.54, 1.807) is 0 Å². The smallest absolute Gasteiger partial charge is 0.118 e. The third kappa shape index (κ3) is 4.36. The van der Waals surface area contributed by atoms with Crippen molar-refractivity contribution in [3.63, 3.8) is 0 Å². The van der Waals surface area contributed by atoms with Crippen LogP contribution in [0.3, 0.4) is 0 Å². The summed E-state index contributed by atoms with van der Waals surface area (Å²) < 4.78 is 5.86. The van der Waals surface area contributed by atoms with Crippen LogP contribution in [-0.4, -0.2) is 24.5 Å². The highest BCUT2D eigenvalue weighted by atomic mass is 16.3. The lowest BCUT2D eigenvalue weighted by Crippen LogP contribution is -2.34. The first kappa shape index (κ1) is 14.6. The van der Waals surface area contributed by atoms with E-state index in [0.717, 1.165) is 43.1 Å². The first-order valence-corrected chi connectivity index (χ1v) is 7.67. The van der Waals surface area contributed by atoms with Crippen LogP contribution in [0.1, 0.15) is 51.1 Å². The molecule has 0 unspecified atom stereocenters. The van der Waals surface area contributed by atoms with Gasteiger partial charge in [0.05, 0.1) is 13.1 Å². The van der Waals surface area contributed by atoms with Gasteiger partial charge in [-0.1, -0.05) is 13.8 Å². The molecule has 3 nitrogen and oxygen atoms in total. The van der Waals surface area contributed by atoms with Crippen LogP contribution >= 0.6 is 0 Å². The summed E-state index contributed by atoms with van der Waals surface area (Å²) >= 11 is 0. The van der Waals surface area contributed by atoms with Gasteiger partial charge in [0.1, 0.15) is 11.5 Å². The Morgan fingerprint density at radius 3 is 2.58 bits per heavy atom. The Morgan fingerprint density at radius 2 is 1.89 bits per heavy atom. The molecule has 1 aromatic heterocycles. The maximum atomic E-state index is 5.86. The lowest BCUT2D eigenvalue weighted by atomic mass is 9.87. The van der Waals surface area contributed by atoms with Gasteiger partial charge in [0, 0.05) is 6.04 Å². The van der Waals surface area contributed by atoms with Gasteiger partial charge in [0.25, 0.3) is 0 Å². The van der Waals surface area contributed by atoms with Gasteiger partial charge in [-0.25, -0.2) is 0 Å². The van der Waals surface area contributed by atoms with E-state index in [9.17, 15) is 0 Å². The van der Waals surface area contributed by atoms with Gasteiger partial charge in [-0.05, 0) is 57.3 Å². The minimum absolute atomic E-state index is 0.735. The van der Waals surface area contributed by atoms with E-state index in [1.165, 1.54) is 25.7 Å². The second-order valence-corrected chi connectivity index (χ2v) is 5.98. The molecule has 1 aromatic rings. The normalized spacial score (nSPS) is 24.0. The van der Waals surface area contributed by atoms with Gasteiger partial charge < -0.3 is 9.73 Å². The fraction of sp³-hybridized carbons (Fsp3) is 0.750. The average Bonchev–Trinajstić information content (AvgIpc) is 2.84. The lowest BCUT2D eigenvalue weighted by Gasteiger charge is -2.33. The molecule has 1 N–H and O–H groups in total. The average molecular weight is 264 g/mol. The largest absolute Gasteiger partial charge is 0.463 e. The van der Waals surface area contributed by atoms with E-state index >= 15 is 0 Å². The van der Waals surface area contributed by atoms with E-state index < -0.39 is 0 Å². The molecular formula is C16H28N2O. The van der Waals surface area contributed by atoms with Gasteiger partial charge in [-0.2, -0.15) is 0 Å². The topological polar surface area (TPSA) is 28.4 Å². The van der Waals surface area contributed by atoms with Crippen molar-refractivity contribution in [2.45, 2.75) is 58.7 Å². The molecule has 0 aliphatic heterocycles. The molecular weight excluding hydrogens is 236 g/mol. The molecule has 3 heteroatoms. The molecule has 0 amide bonds. The van der Waals surface area contributed by atoms with Crippen LogP contribution in [0.15, 0.2) is 16.5 Å². The maximum Gasteiger partial charge on any atom is 0.118 e. The van der Waals surface area contributed by atoms with Crippen LogP contribution in [0.25, 0.3) is 0 Å². The lowest BCUT2D eigenvalue weighted by molar-refractivity contribution is 0.154. The summed E-state index contributed by atoms with van der Waals surface area (Å²) in [6, 6.07) is 4.95. The van der Waals surface area contributed by atoms with Crippen LogP contribution in [-0.2, 0) is 13.1 Å². The predicted molar refractivity (Wildman–Crippen MR) is 79.0 cm³/mol. The number of nitrogens with one attached hydrogen (secondary N) is 1. The van der Waals surface area contributed by atoms with Crippen molar-refractivity contribution >= 4 is 0 Å². The van der Waals surface area contributed by atoms with Crippen LogP contribution in [0.5, 0.6) is 0 Å². The number of hydrogen-bond acceptors (Lipinski definition) is 3. The molecule has 1 aliphatic rings. The fourth-order valence-electron chi connectivity index (χ4n) is 2.91. The van der Waals surface area contributed by atoms with Crippen molar-refractivity contribution in [3.05, 3.63) is 23.7 Å².